The van der Waals surface area contributed by atoms with Gasteiger partial charge in [0.2, 0.25) is 0 Å². The average molecular weight is 648 g/mol. The third-order valence-electron chi connectivity index (χ3n) is 9.15. The molecule has 0 spiro atoms. The fourth-order valence-electron chi connectivity index (χ4n) is 4.44. The molecule has 1 aliphatic rings. The van der Waals surface area contributed by atoms with Crippen molar-refractivity contribution in [1.29, 1.82) is 0 Å². The molecule has 0 saturated heterocycles. The Morgan fingerprint density at radius 1 is 0.905 bits per heavy atom. The lowest BCUT2D eigenvalue weighted by Crippen LogP contribution is -2.54. The van der Waals surface area contributed by atoms with Crippen molar-refractivity contribution in [2.75, 3.05) is 12.8 Å². The maximum Gasteiger partial charge on any atom is 0.193 e. The smallest absolute Gasteiger partial charge is 0.193 e. The van der Waals surface area contributed by atoms with Crippen LogP contribution in [0.2, 0.25) is 36.3 Å². The van der Waals surface area contributed by atoms with Gasteiger partial charge in [0.1, 0.15) is 5.60 Å². The standard InChI is InChI=1S/C33H53NO4S2Si2/c1-31(2,3)41(8,9)37-29-23-22-28(30(29)38-42(10,11)32(4,5)6)33(35,24-39-26-18-14-12-15-19-26)25-40(36,34-7)27-20-16-13-17-21-27/h12-22,25,29-30,35H,23-24H2,1-11H3,(H,34,36). The van der Waals surface area contributed by atoms with Crippen LogP contribution in [-0.2, 0) is 18.6 Å². The first-order valence-electron chi connectivity index (χ1n) is 14.8. The van der Waals surface area contributed by atoms with E-state index in [1.807, 2.05) is 60.7 Å². The van der Waals surface area contributed by atoms with E-state index in [2.05, 4.69) is 78.5 Å². The van der Waals surface area contributed by atoms with Crippen LogP contribution in [0, 0.1) is 0 Å². The highest BCUT2D eigenvalue weighted by molar-refractivity contribution is 8.00. The van der Waals surface area contributed by atoms with Crippen molar-refractivity contribution in [2.24, 2.45) is 0 Å². The number of benzene rings is 2. The molecule has 4 atom stereocenters. The zero-order valence-corrected chi connectivity index (χ0v) is 31.1. The summed E-state index contributed by atoms with van der Waals surface area (Å²) in [6, 6.07) is 19.4. The summed E-state index contributed by atoms with van der Waals surface area (Å²) in [5, 5.41) is 14.4. The van der Waals surface area contributed by atoms with E-state index in [0.717, 1.165) is 10.5 Å². The van der Waals surface area contributed by atoms with E-state index in [4.69, 9.17) is 8.85 Å². The molecule has 234 valence electrons. The molecule has 0 fully saturated rings. The maximum atomic E-state index is 14.5. The number of thioether (sulfide) groups is 1. The molecule has 0 aromatic heterocycles. The Hall–Kier alpha value is -1.18. The van der Waals surface area contributed by atoms with Crippen LogP contribution in [0.5, 0.6) is 0 Å². The molecule has 4 unspecified atom stereocenters. The van der Waals surface area contributed by atoms with Gasteiger partial charge in [0, 0.05) is 20.9 Å². The average Bonchev–Trinajstić information content (AvgIpc) is 3.28. The molecule has 0 amide bonds. The molecule has 0 aliphatic heterocycles. The van der Waals surface area contributed by atoms with Gasteiger partial charge in [-0.05, 0) is 79.6 Å². The number of rotatable bonds is 11. The van der Waals surface area contributed by atoms with Crippen molar-refractivity contribution in [3.63, 3.8) is 0 Å². The van der Waals surface area contributed by atoms with Gasteiger partial charge in [-0.2, -0.15) is 0 Å². The van der Waals surface area contributed by atoms with Gasteiger partial charge in [0.05, 0.1) is 21.9 Å². The molecule has 0 radical (unpaired) electrons. The summed E-state index contributed by atoms with van der Waals surface area (Å²) in [4.78, 5) is 1.67. The quantitative estimate of drug-likeness (QED) is 0.112. The molecule has 2 N–H and O–H groups in total. The normalized spacial score (nSPS) is 21.4. The summed E-state index contributed by atoms with van der Waals surface area (Å²) in [5.74, 6) is 0.290. The van der Waals surface area contributed by atoms with Crippen LogP contribution in [0.1, 0.15) is 48.0 Å². The second kappa shape index (κ2) is 13.0. The molecule has 2 aromatic rings. The van der Waals surface area contributed by atoms with Gasteiger partial charge in [-0.1, -0.05) is 84.0 Å². The Balaban J connectivity index is 2.18. The van der Waals surface area contributed by atoms with E-state index < -0.39 is 38.0 Å². The van der Waals surface area contributed by atoms with Crippen LogP contribution in [0.15, 0.2) is 82.1 Å². The Kier molecular flexibility index (Phi) is 11.0. The second-order valence-electron chi connectivity index (χ2n) is 14.4. The lowest BCUT2D eigenvalue weighted by Gasteiger charge is -2.45. The first-order valence-corrected chi connectivity index (χ1v) is 23.3. The summed E-state index contributed by atoms with van der Waals surface area (Å²) < 4.78 is 31.8. The fourth-order valence-corrected chi connectivity index (χ4v) is 9.95. The van der Waals surface area contributed by atoms with E-state index >= 15 is 0 Å². The number of hydrogen-bond donors (Lipinski definition) is 2. The molecule has 42 heavy (non-hydrogen) atoms. The molecular formula is C33H53NO4S2Si2. The van der Waals surface area contributed by atoms with Crippen molar-refractivity contribution >= 4 is 43.5 Å². The Labute approximate surface area is 262 Å². The number of nitrogens with one attached hydrogen (secondary N) is 1. The van der Waals surface area contributed by atoms with Crippen LogP contribution < -0.4 is 4.72 Å². The van der Waals surface area contributed by atoms with Crippen LogP contribution in [-0.4, -0.2) is 61.9 Å². The zero-order valence-electron chi connectivity index (χ0n) is 27.5. The molecule has 2 aromatic carbocycles. The summed E-state index contributed by atoms with van der Waals surface area (Å²) >= 11 is 1.55. The van der Waals surface area contributed by atoms with Crippen LogP contribution in [0.4, 0.5) is 0 Å². The third kappa shape index (κ3) is 8.10. The molecular weight excluding hydrogens is 595 g/mol. The van der Waals surface area contributed by atoms with E-state index in [1.54, 1.807) is 24.2 Å². The van der Waals surface area contributed by atoms with Crippen molar-refractivity contribution in [2.45, 2.75) is 112 Å². The molecule has 5 nitrogen and oxygen atoms in total. The molecule has 1 aliphatic carbocycles. The lowest BCUT2D eigenvalue weighted by atomic mass is 9.95. The largest absolute Gasteiger partial charge is 0.411 e. The minimum Gasteiger partial charge on any atom is -0.411 e. The molecule has 0 heterocycles. The highest BCUT2D eigenvalue weighted by Gasteiger charge is 2.50. The van der Waals surface area contributed by atoms with Crippen molar-refractivity contribution < 1.29 is 18.2 Å². The molecule has 3 rings (SSSR count). The molecule has 0 saturated carbocycles. The van der Waals surface area contributed by atoms with Gasteiger partial charge < -0.3 is 14.0 Å². The first kappa shape index (κ1) is 35.3. The Morgan fingerprint density at radius 2 is 1.40 bits per heavy atom. The second-order valence-corrected chi connectivity index (χ2v) is 27.3. The minimum atomic E-state index is -2.93. The van der Waals surface area contributed by atoms with Gasteiger partial charge >= 0.3 is 0 Å². The van der Waals surface area contributed by atoms with Crippen LogP contribution >= 0.6 is 11.8 Å². The number of hydrogen-bond acceptors (Lipinski definition) is 5. The topological polar surface area (TPSA) is 67.8 Å². The highest BCUT2D eigenvalue weighted by Crippen LogP contribution is 2.45. The third-order valence-corrected chi connectivity index (χ3v) is 21.6. The molecule has 0 bridgehead atoms. The zero-order chi connectivity index (χ0) is 31.6. The summed E-state index contributed by atoms with van der Waals surface area (Å²) in [5.41, 5.74) is -0.784. The SMILES string of the molecule is CNS(=O)(=CC(O)(CSc1ccccc1)C1=CCC(O[Si](C)(C)C(C)(C)C)C1O[Si](C)(C)C(C)(C)C)c1ccccc1. The van der Waals surface area contributed by atoms with Gasteiger partial charge in [-0.3, -0.25) is 0 Å². The van der Waals surface area contributed by atoms with Gasteiger partial charge in [0.25, 0.3) is 0 Å². The predicted molar refractivity (Wildman–Crippen MR) is 187 cm³/mol. The van der Waals surface area contributed by atoms with E-state index in [-0.39, 0.29) is 16.2 Å². The Morgan fingerprint density at radius 3 is 1.90 bits per heavy atom. The van der Waals surface area contributed by atoms with Crippen molar-refractivity contribution in [3.8, 4) is 0 Å². The summed E-state index contributed by atoms with van der Waals surface area (Å²) in [6.07, 6.45) is 2.06. The van der Waals surface area contributed by atoms with E-state index in [9.17, 15) is 9.32 Å². The Bertz CT molecular complexity index is 1340. The molecule has 9 heteroatoms. The first-order chi connectivity index (χ1) is 19.2. The summed E-state index contributed by atoms with van der Waals surface area (Å²) in [7, 11) is -5.70. The highest BCUT2D eigenvalue weighted by atomic mass is 32.2. The van der Waals surface area contributed by atoms with Gasteiger partial charge in [-0.25, -0.2) is 8.93 Å². The van der Waals surface area contributed by atoms with E-state index in [0.29, 0.717) is 17.1 Å². The number of aliphatic hydroxyl groups is 1. The van der Waals surface area contributed by atoms with Crippen LogP contribution in [0.25, 0.3) is 0 Å². The monoisotopic (exact) mass is 647 g/mol. The minimum absolute atomic E-state index is 0.0244. The maximum absolute atomic E-state index is 14.5. The lowest BCUT2D eigenvalue weighted by molar-refractivity contribution is 0.0502. The summed E-state index contributed by atoms with van der Waals surface area (Å²) in [6.45, 7) is 22.4. The van der Waals surface area contributed by atoms with Crippen molar-refractivity contribution in [3.05, 3.63) is 72.3 Å². The van der Waals surface area contributed by atoms with Gasteiger partial charge in [0.15, 0.2) is 16.6 Å². The van der Waals surface area contributed by atoms with Gasteiger partial charge in [-0.15, -0.1) is 11.8 Å². The van der Waals surface area contributed by atoms with E-state index in [1.165, 1.54) is 0 Å². The fraction of sp³-hybridized carbons (Fsp3) is 0.545. The predicted octanol–water partition coefficient (Wildman–Crippen LogP) is 7.90. The van der Waals surface area contributed by atoms with Crippen LogP contribution in [0.3, 0.4) is 0 Å². The van der Waals surface area contributed by atoms with Crippen molar-refractivity contribution in [1.82, 2.24) is 4.72 Å².